The molecule has 2 N–H and O–H groups in total. The van der Waals surface area contributed by atoms with E-state index in [0.717, 1.165) is 6.08 Å². The van der Waals surface area contributed by atoms with Crippen LogP contribution in [0.3, 0.4) is 0 Å². The van der Waals surface area contributed by atoms with E-state index >= 15 is 0 Å². The highest BCUT2D eigenvalue weighted by Crippen LogP contribution is 2.43. The molecule has 0 saturated heterocycles. The number of allylic oxidation sites excluding steroid dienone is 1. The van der Waals surface area contributed by atoms with Crippen molar-refractivity contribution >= 4 is 45.0 Å². The molecule has 0 aromatic carbocycles. The Morgan fingerprint density at radius 1 is 1.22 bits per heavy atom. The fourth-order valence-corrected chi connectivity index (χ4v) is 5.30. The number of thioether (sulfide) groups is 1. The normalized spacial score (nSPS) is 24.9. The predicted octanol–water partition coefficient (Wildman–Crippen LogP) is 2.77. The van der Waals surface area contributed by atoms with Crippen LogP contribution in [0.4, 0.5) is 26.3 Å². The number of alkyl halides is 8. The summed E-state index contributed by atoms with van der Waals surface area (Å²) >= 11 is 11.7. The topological polar surface area (TPSA) is 66.4 Å². The van der Waals surface area contributed by atoms with Crippen molar-refractivity contribution < 1.29 is 39.9 Å². The van der Waals surface area contributed by atoms with Gasteiger partial charge in [-0.1, -0.05) is 11.8 Å². The van der Waals surface area contributed by atoms with Crippen molar-refractivity contribution in [3.63, 3.8) is 0 Å². The summed E-state index contributed by atoms with van der Waals surface area (Å²) in [5, 5.41) is 7.86. The van der Waals surface area contributed by atoms with E-state index in [2.05, 4.69) is 0 Å². The van der Waals surface area contributed by atoms with Crippen LogP contribution in [0.2, 0.25) is 0 Å². The van der Waals surface area contributed by atoms with Crippen LogP contribution in [-0.4, -0.2) is 48.6 Å². The van der Waals surface area contributed by atoms with Crippen LogP contribution < -0.4 is 4.72 Å². The van der Waals surface area contributed by atoms with Gasteiger partial charge in [-0.05, 0) is 6.08 Å². The minimum Gasteiger partial charge on any atom is -0.395 e. The first-order chi connectivity index (χ1) is 10.2. The molecular weight excluding hydrogens is 419 g/mol. The molecule has 1 heterocycles. The van der Waals surface area contributed by atoms with E-state index in [9.17, 15) is 34.8 Å². The Balaban J connectivity index is 3.09. The molecule has 4 nitrogen and oxygen atoms in total. The molecule has 3 unspecified atom stereocenters. The van der Waals surface area contributed by atoms with Crippen molar-refractivity contribution in [2.24, 2.45) is 5.92 Å². The van der Waals surface area contributed by atoms with E-state index in [1.165, 1.54) is 4.72 Å². The van der Waals surface area contributed by atoms with Crippen LogP contribution >= 0.6 is 35.0 Å². The lowest BCUT2D eigenvalue weighted by atomic mass is 10.00. The second-order valence-electron chi connectivity index (χ2n) is 4.37. The number of halogens is 8. The van der Waals surface area contributed by atoms with Crippen molar-refractivity contribution in [3.8, 4) is 0 Å². The summed E-state index contributed by atoms with van der Waals surface area (Å²) in [7, 11) is -4.76. The highest BCUT2D eigenvalue weighted by molar-refractivity contribution is 8.19. The standard InChI is InChI=1S/C9H9Cl2F6NO3S2/c10-3-1-5(22-7(3)11)23(20,21)18-4(2-19)6(8(12,13)14)9(15,16)17/h1,3-4,6-7,18-19H,2H2. The summed E-state index contributed by atoms with van der Waals surface area (Å²) in [4.78, 5) is 0. The van der Waals surface area contributed by atoms with Gasteiger partial charge in [0, 0.05) is 0 Å². The lowest BCUT2D eigenvalue weighted by molar-refractivity contribution is -0.292. The third kappa shape index (κ3) is 5.30. The average Bonchev–Trinajstić information content (AvgIpc) is 2.65. The maximum Gasteiger partial charge on any atom is 0.402 e. The molecular formula is C9H9Cl2F6NO3S2. The van der Waals surface area contributed by atoms with E-state index in [-0.39, 0.29) is 0 Å². The molecule has 3 atom stereocenters. The maximum absolute atomic E-state index is 12.6. The van der Waals surface area contributed by atoms with Gasteiger partial charge < -0.3 is 5.11 Å². The summed E-state index contributed by atoms with van der Waals surface area (Å²) in [6, 6.07) is -2.84. The second kappa shape index (κ2) is 7.16. The van der Waals surface area contributed by atoms with Crippen molar-refractivity contribution in [2.45, 2.75) is 28.5 Å². The summed E-state index contributed by atoms with van der Waals surface area (Å²) < 4.78 is 99.0. The Kier molecular flexibility index (Phi) is 6.59. The summed E-state index contributed by atoms with van der Waals surface area (Å²) in [6.45, 7) is -1.71. The molecule has 0 bridgehead atoms. The smallest absolute Gasteiger partial charge is 0.395 e. The molecule has 23 heavy (non-hydrogen) atoms. The van der Waals surface area contributed by atoms with Gasteiger partial charge in [0.15, 0.2) is 5.92 Å². The van der Waals surface area contributed by atoms with Gasteiger partial charge in [-0.25, -0.2) is 13.1 Å². The van der Waals surface area contributed by atoms with Gasteiger partial charge in [0.1, 0.15) is 8.95 Å². The Hall–Kier alpha value is 0.120. The first kappa shape index (κ1) is 21.2. The molecule has 1 aliphatic rings. The number of aliphatic hydroxyl groups is 1. The van der Waals surface area contributed by atoms with Crippen molar-refractivity contribution in [2.75, 3.05) is 6.61 Å². The maximum atomic E-state index is 12.6. The molecule has 0 aromatic heterocycles. The second-order valence-corrected chi connectivity index (χ2v) is 8.73. The third-order valence-corrected chi connectivity index (χ3v) is 6.96. The van der Waals surface area contributed by atoms with E-state index in [4.69, 9.17) is 28.3 Å². The Bertz CT molecular complexity index is 551. The van der Waals surface area contributed by atoms with Gasteiger partial charge in [-0.15, -0.1) is 23.2 Å². The first-order valence-electron chi connectivity index (χ1n) is 5.63. The zero-order valence-electron chi connectivity index (χ0n) is 10.7. The Morgan fingerprint density at radius 2 is 1.70 bits per heavy atom. The molecule has 1 rings (SSSR count). The molecule has 1 aliphatic heterocycles. The Labute approximate surface area is 141 Å². The zero-order valence-corrected chi connectivity index (χ0v) is 13.8. The van der Waals surface area contributed by atoms with Crippen molar-refractivity contribution in [3.05, 3.63) is 10.3 Å². The number of rotatable bonds is 5. The number of hydrogen-bond donors (Lipinski definition) is 2. The third-order valence-electron chi connectivity index (χ3n) is 2.65. The van der Waals surface area contributed by atoms with E-state index in [1.54, 1.807) is 0 Å². The minimum absolute atomic E-state index is 0.460. The lowest BCUT2D eigenvalue weighted by Crippen LogP contribution is -2.54. The van der Waals surface area contributed by atoms with Crippen molar-refractivity contribution in [1.29, 1.82) is 0 Å². The fraction of sp³-hybridized carbons (Fsp3) is 0.778. The number of sulfonamides is 1. The molecule has 0 fully saturated rings. The van der Waals surface area contributed by atoms with Crippen molar-refractivity contribution in [1.82, 2.24) is 4.72 Å². The van der Waals surface area contributed by atoms with E-state index in [1.807, 2.05) is 0 Å². The van der Waals surface area contributed by atoms with Crippen LogP contribution in [-0.2, 0) is 10.0 Å². The summed E-state index contributed by atoms with van der Waals surface area (Å²) in [5.41, 5.74) is 0. The average molecular weight is 428 g/mol. The number of aliphatic hydroxyl groups excluding tert-OH is 1. The Morgan fingerprint density at radius 3 is 2.00 bits per heavy atom. The minimum atomic E-state index is -5.81. The SMILES string of the molecule is O=S(=O)(NC(CO)C(C(F)(F)F)C(F)(F)F)C1=CC(Cl)C(Cl)S1. The lowest BCUT2D eigenvalue weighted by Gasteiger charge is -2.29. The van der Waals surface area contributed by atoms with Gasteiger partial charge in [-0.2, -0.15) is 26.3 Å². The highest BCUT2D eigenvalue weighted by Gasteiger charge is 2.61. The molecule has 0 spiro atoms. The summed E-state index contributed by atoms with van der Waals surface area (Å²) in [6.07, 6.45) is -10.7. The van der Waals surface area contributed by atoms with Crippen LogP contribution in [0.1, 0.15) is 0 Å². The van der Waals surface area contributed by atoms with Crippen LogP contribution in [0.5, 0.6) is 0 Å². The zero-order chi connectivity index (χ0) is 18.2. The first-order valence-corrected chi connectivity index (χ1v) is 8.87. The van der Waals surface area contributed by atoms with Gasteiger partial charge in [0.05, 0.1) is 18.0 Å². The van der Waals surface area contributed by atoms with Gasteiger partial charge in [0.25, 0.3) is 0 Å². The molecule has 0 aromatic rings. The molecule has 14 heteroatoms. The van der Waals surface area contributed by atoms with Gasteiger partial charge in [-0.3, -0.25) is 0 Å². The van der Waals surface area contributed by atoms with Crippen LogP contribution in [0.25, 0.3) is 0 Å². The summed E-state index contributed by atoms with van der Waals surface area (Å²) in [5.74, 6) is -4.07. The molecule has 0 saturated carbocycles. The highest BCUT2D eigenvalue weighted by atomic mass is 35.5. The molecule has 0 radical (unpaired) electrons. The van der Waals surface area contributed by atoms with E-state index < -0.39 is 55.3 Å². The van der Waals surface area contributed by atoms with Gasteiger partial charge in [0.2, 0.25) is 10.0 Å². The molecule has 0 aliphatic carbocycles. The molecule has 136 valence electrons. The fourth-order valence-electron chi connectivity index (χ4n) is 1.68. The quantitative estimate of drug-likeness (QED) is 0.522. The number of nitrogens with one attached hydrogen (secondary N) is 1. The predicted molar refractivity (Wildman–Crippen MR) is 73.5 cm³/mol. The van der Waals surface area contributed by atoms with Crippen LogP contribution in [0, 0.1) is 5.92 Å². The number of hydrogen-bond acceptors (Lipinski definition) is 4. The van der Waals surface area contributed by atoms with E-state index in [0.29, 0.717) is 11.8 Å². The monoisotopic (exact) mass is 427 g/mol. The largest absolute Gasteiger partial charge is 0.402 e. The van der Waals surface area contributed by atoms with Crippen LogP contribution in [0.15, 0.2) is 10.3 Å². The molecule has 0 amide bonds. The van der Waals surface area contributed by atoms with Gasteiger partial charge >= 0.3 is 12.4 Å².